The Bertz CT molecular complexity index is 1080. The van der Waals surface area contributed by atoms with Crippen molar-refractivity contribution in [1.82, 2.24) is 14.5 Å². The molecule has 146 valence electrons. The molecule has 4 rings (SSSR count). The molecule has 1 aliphatic heterocycles. The van der Waals surface area contributed by atoms with Crippen molar-refractivity contribution in [2.75, 3.05) is 6.61 Å². The van der Waals surface area contributed by atoms with Crippen LogP contribution in [0.4, 0.5) is 0 Å². The zero-order chi connectivity index (χ0) is 19.7. The summed E-state index contributed by atoms with van der Waals surface area (Å²) in [5, 5.41) is 13.4. The van der Waals surface area contributed by atoms with Gasteiger partial charge in [-0.05, 0) is 44.9 Å². The summed E-state index contributed by atoms with van der Waals surface area (Å²) >= 11 is 6.29. The Morgan fingerprint density at radius 2 is 2.25 bits per heavy atom. The van der Waals surface area contributed by atoms with E-state index in [1.807, 2.05) is 18.2 Å². The van der Waals surface area contributed by atoms with Gasteiger partial charge in [0.2, 0.25) is 0 Å². The second kappa shape index (κ2) is 7.81. The number of pyridine rings is 1. The lowest BCUT2D eigenvalue weighted by Gasteiger charge is -2.30. The Morgan fingerprint density at radius 3 is 3.04 bits per heavy atom. The predicted octanol–water partition coefficient (Wildman–Crippen LogP) is 4.22. The van der Waals surface area contributed by atoms with E-state index in [-0.39, 0.29) is 12.1 Å². The van der Waals surface area contributed by atoms with E-state index in [2.05, 4.69) is 31.8 Å². The van der Waals surface area contributed by atoms with E-state index < -0.39 is 0 Å². The van der Waals surface area contributed by atoms with Crippen molar-refractivity contribution >= 4 is 39.4 Å². The van der Waals surface area contributed by atoms with Crippen LogP contribution in [0.25, 0.3) is 21.9 Å². The second-order valence-electron chi connectivity index (χ2n) is 6.99. The normalized spacial score (nSPS) is 21.2. The number of fused-ring (bicyclic) bond motifs is 3. The van der Waals surface area contributed by atoms with Gasteiger partial charge in [0.15, 0.2) is 5.84 Å². The van der Waals surface area contributed by atoms with Crippen LogP contribution in [0.15, 0.2) is 39.7 Å². The van der Waals surface area contributed by atoms with Gasteiger partial charge < -0.3 is 15.1 Å². The Kier molecular flexibility index (Phi) is 5.23. The molecule has 2 aromatic heterocycles. The first-order valence-corrected chi connectivity index (χ1v) is 9.63. The SMILES string of the molecule is CC(N=NCc1nc2cnc3ccc(Cl)cc3c2n1C1CCO[C@H](C)C1)=NN. The lowest BCUT2D eigenvalue weighted by molar-refractivity contribution is 0.00626. The van der Waals surface area contributed by atoms with Gasteiger partial charge in [0.25, 0.3) is 0 Å². The average molecular weight is 400 g/mol. The smallest absolute Gasteiger partial charge is 0.166 e. The summed E-state index contributed by atoms with van der Waals surface area (Å²) in [6.45, 7) is 4.85. The highest BCUT2D eigenvalue weighted by molar-refractivity contribution is 6.31. The molecule has 1 unspecified atom stereocenters. The number of amidine groups is 1. The van der Waals surface area contributed by atoms with E-state index in [1.165, 1.54) is 0 Å². The van der Waals surface area contributed by atoms with Crippen LogP contribution >= 0.6 is 11.6 Å². The van der Waals surface area contributed by atoms with E-state index in [4.69, 9.17) is 27.2 Å². The van der Waals surface area contributed by atoms with Gasteiger partial charge in [-0.3, -0.25) is 4.98 Å². The van der Waals surface area contributed by atoms with Crippen molar-refractivity contribution in [2.45, 2.75) is 45.4 Å². The Labute approximate surface area is 167 Å². The molecule has 2 N–H and O–H groups in total. The van der Waals surface area contributed by atoms with Crippen LogP contribution in [0.2, 0.25) is 5.02 Å². The zero-order valence-corrected chi connectivity index (χ0v) is 16.6. The van der Waals surface area contributed by atoms with Crippen molar-refractivity contribution in [3.05, 3.63) is 35.2 Å². The summed E-state index contributed by atoms with van der Waals surface area (Å²) in [5.74, 6) is 6.48. The van der Waals surface area contributed by atoms with Gasteiger partial charge in [-0.25, -0.2) is 4.98 Å². The number of aromatic nitrogens is 3. The van der Waals surface area contributed by atoms with Crippen molar-refractivity contribution in [1.29, 1.82) is 0 Å². The first-order chi connectivity index (χ1) is 13.6. The molecule has 0 spiro atoms. The van der Waals surface area contributed by atoms with E-state index in [1.54, 1.807) is 13.1 Å². The van der Waals surface area contributed by atoms with Crippen molar-refractivity contribution in [2.24, 2.45) is 21.2 Å². The summed E-state index contributed by atoms with van der Waals surface area (Å²) in [5.41, 5.74) is 2.74. The first-order valence-electron chi connectivity index (χ1n) is 9.25. The molecule has 3 aromatic rings. The maximum Gasteiger partial charge on any atom is 0.166 e. The van der Waals surface area contributed by atoms with Gasteiger partial charge in [-0.15, -0.1) is 5.11 Å². The maximum absolute atomic E-state index is 6.29. The van der Waals surface area contributed by atoms with E-state index in [0.717, 1.165) is 47.2 Å². The van der Waals surface area contributed by atoms with Crippen LogP contribution in [-0.4, -0.2) is 33.1 Å². The minimum atomic E-state index is 0.189. The third-order valence-corrected chi connectivity index (χ3v) is 5.22. The fourth-order valence-electron chi connectivity index (χ4n) is 3.74. The number of imidazole rings is 1. The van der Waals surface area contributed by atoms with Crippen molar-refractivity contribution in [3.8, 4) is 0 Å². The minimum absolute atomic E-state index is 0.189. The molecule has 1 saturated heterocycles. The van der Waals surface area contributed by atoms with Gasteiger partial charge in [-0.1, -0.05) is 11.6 Å². The van der Waals surface area contributed by atoms with Crippen molar-refractivity contribution in [3.63, 3.8) is 0 Å². The standard InChI is InChI=1S/C19H22ClN7O/c1-11-7-14(5-6-28-11)27-18(10-23-26-12(2)25-21)24-17-9-22-16-4-3-13(20)8-15(16)19(17)27/h3-4,8-9,11,14H,5-7,10,21H2,1-2H3/t11-,14?/m1/s1. The van der Waals surface area contributed by atoms with Gasteiger partial charge in [0.1, 0.15) is 17.9 Å². The number of hydrazone groups is 1. The number of benzene rings is 1. The molecule has 2 atom stereocenters. The summed E-state index contributed by atoms with van der Waals surface area (Å²) in [4.78, 5) is 9.34. The molecule has 1 fully saturated rings. The molecule has 9 heteroatoms. The first kappa shape index (κ1) is 18.8. The second-order valence-corrected chi connectivity index (χ2v) is 7.42. The van der Waals surface area contributed by atoms with Crippen LogP contribution < -0.4 is 5.84 Å². The summed E-state index contributed by atoms with van der Waals surface area (Å²) in [7, 11) is 0. The zero-order valence-electron chi connectivity index (χ0n) is 15.8. The van der Waals surface area contributed by atoms with E-state index in [9.17, 15) is 0 Å². The highest BCUT2D eigenvalue weighted by atomic mass is 35.5. The highest BCUT2D eigenvalue weighted by Gasteiger charge is 2.26. The number of ether oxygens (including phenoxy) is 1. The molecule has 0 amide bonds. The van der Waals surface area contributed by atoms with E-state index >= 15 is 0 Å². The molecule has 1 aliphatic rings. The van der Waals surface area contributed by atoms with Crippen LogP contribution in [-0.2, 0) is 11.3 Å². The van der Waals surface area contributed by atoms with Gasteiger partial charge in [0, 0.05) is 23.1 Å². The monoisotopic (exact) mass is 399 g/mol. The fourth-order valence-corrected chi connectivity index (χ4v) is 3.91. The third kappa shape index (κ3) is 3.57. The molecular weight excluding hydrogens is 378 g/mol. The van der Waals surface area contributed by atoms with Crippen LogP contribution in [0, 0.1) is 0 Å². The molecule has 8 nitrogen and oxygen atoms in total. The topological polar surface area (TPSA) is 103 Å². The summed E-state index contributed by atoms with van der Waals surface area (Å²) < 4.78 is 8.02. The fraction of sp³-hybridized carbons (Fsp3) is 0.421. The lowest BCUT2D eigenvalue weighted by Crippen LogP contribution is -2.26. The molecule has 28 heavy (non-hydrogen) atoms. The van der Waals surface area contributed by atoms with Gasteiger partial charge in [0.05, 0.1) is 23.3 Å². The number of nitrogens with two attached hydrogens (primary N) is 1. The lowest BCUT2D eigenvalue weighted by atomic mass is 10.0. The molecule has 1 aromatic carbocycles. The Hall–Kier alpha value is -2.58. The van der Waals surface area contributed by atoms with Crippen LogP contribution in [0.3, 0.4) is 0 Å². The van der Waals surface area contributed by atoms with Gasteiger partial charge >= 0.3 is 0 Å². The quantitative estimate of drug-likeness (QED) is 0.234. The Morgan fingerprint density at radius 1 is 1.39 bits per heavy atom. The summed E-state index contributed by atoms with van der Waals surface area (Å²) in [6.07, 6.45) is 3.81. The highest BCUT2D eigenvalue weighted by Crippen LogP contribution is 2.34. The number of halogens is 1. The predicted molar refractivity (Wildman–Crippen MR) is 110 cm³/mol. The van der Waals surface area contributed by atoms with Crippen LogP contribution in [0.1, 0.15) is 38.6 Å². The molecule has 0 radical (unpaired) electrons. The van der Waals surface area contributed by atoms with Crippen molar-refractivity contribution < 1.29 is 4.74 Å². The Balaban J connectivity index is 1.89. The number of rotatable bonds is 3. The molecule has 0 saturated carbocycles. The molecule has 0 aliphatic carbocycles. The average Bonchev–Trinajstić information content (AvgIpc) is 3.06. The van der Waals surface area contributed by atoms with Crippen LogP contribution in [0.5, 0.6) is 0 Å². The number of hydrogen-bond acceptors (Lipinski definition) is 6. The third-order valence-electron chi connectivity index (χ3n) is 4.99. The largest absolute Gasteiger partial charge is 0.378 e. The minimum Gasteiger partial charge on any atom is -0.378 e. The molecule has 0 bridgehead atoms. The number of hydrogen-bond donors (Lipinski definition) is 1. The summed E-state index contributed by atoms with van der Waals surface area (Å²) in [6, 6.07) is 5.99. The maximum atomic E-state index is 6.29. The molecular formula is C19H22ClN7O. The van der Waals surface area contributed by atoms with Gasteiger partial charge in [-0.2, -0.15) is 10.2 Å². The molecule has 3 heterocycles. The van der Waals surface area contributed by atoms with E-state index in [0.29, 0.717) is 17.4 Å². The number of azo groups is 1. The number of nitrogens with zero attached hydrogens (tertiary/aromatic N) is 6.